The topological polar surface area (TPSA) is 60.4 Å². The summed E-state index contributed by atoms with van der Waals surface area (Å²) in [5, 5.41) is 17.1. The number of nitrogens with one attached hydrogen (secondary N) is 2. The van der Waals surface area contributed by atoms with E-state index in [1.54, 1.807) is 23.5 Å². The SMILES string of the molecule is Oc1cccc(C=Cc2cnc(Nc3ccc(N4CCNCC4)cc3)s2)c1. The van der Waals surface area contributed by atoms with E-state index in [4.69, 9.17) is 0 Å². The van der Waals surface area contributed by atoms with Gasteiger partial charge in [0.25, 0.3) is 0 Å². The van der Waals surface area contributed by atoms with Gasteiger partial charge >= 0.3 is 0 Å². The van der Waals surface area contributed by atoms with E-state index < -0.39 is 0 Å². The molecule has 6 heteroatoms. The number of hydrogen-bond acceptors (Lipinski definition) is 6. The largest absolute Gasteiger partial charge is 0.508 e. The summed E-state index contributed by atoms with van der Waals surface area (Å²) in [4.78, 5) is 7.89. The van der Waals surface area contributed by atoms with Crippen LogP contribution in [0.2, 0.25) is 0 Å². The molecule has 3 N–H and O–H groups in total. The number of hydrogen-bond donors (Lipinski definition) is 3. The second kappa shape index (κ2) is 8.24. The highest BCUT2D eigenvalue weighted by Crippen LogP contribution is 2.26. The van der Waals surface area contributed by atoms with Crippen molar-refractivity contribution in [1.82, 2.24) is 10.3 Å². The average Bonchev–Trinajstić information content (AvgIpc) is 3.15. The Bertz CT molecular complexity index is 914. The Morgan fingerprint density at radius 2 is 1.89 bits per heavy atom. The molecule has 1 aromatic heterocycles. The van der Waals surface area contributed by atoms with Gasteiger partial charge in [0.2, 0.25) is 0 Å². The Kier molecular flexibility index (Phi) is 5.37. The van der Waals surface area contributed by atoms with Crippen LogP contribution in [-0.2, 0) is 0 Å². The van der Waals surface area contributed by atoms with Gasteiger partial charge in [0.05, 0.1) is 0 Å². The van der Waals surface area contributed by atoms with E-state index in [-0.39, 0.29) is 5.75 Å². The molecule has 1 aliphatic heterocycles. The van der Waals surface area contributed by atoms with E-state index in [0.29, 0.717) is 0 Å². The summed E-state index contributed by atoms with van der Waals surface area (Å²) < 4.78 is 0. The van der Waals surface area contributed by atoms with Gasteiger partial charge in [-0.15, -0.1) is 0 Å². The minimum Gasteiger partial charge on any atom is -0.508 e. The summed E-state index contributed by atoms with van der Waals surface area (Å²) in [5.74, 6) is 0.271. The van der Waals surface area contributed by atoms with Gasteiger partial charge in [-0.05, 0) is 48.0 Å². The number of rotatable bonds is 5. The lowest BCUT2D eigenvalue weighted by Gasteiger charge is -2.29. The van der Waals surface area contributed by atoms with Crippen LogP contribution in [0.5, 0.6) is 5.75 Å². The molecule has 0 spiro atoms. The van der Waals surface area contributed by atoms with Crippen molar-refractivity contribution < 1.29 is 5.11 Å². The molecule has 0 unspecified atom stereocenters. The number of benzene rings is 2. The molecular weight excluding hydrogens is 356 g/mol. The van der Waals surface area contributed by atoms with Crippen molar-refractivity contribution in [3.05, 3.63) is 65.2 Å². The van der Waals surface area contributed by atoms with Crippen molar-refractivity contribution in [3.63, 3.8) is 0 Å². The predicted molar refractivity (Wildman–Crippen MR) is 114 cm³/mol. The zero-order valence-corrected chi connectivity index (χ0v) is 15.7. The van der Waals surface area contributed by atoms with Gasteiger partial charge < -0.3 is 20.6 Å². The van der Waals surface area contributed by atoms with Crippen molar-refractivity contribution in [3.8, 4) is 5.75 Å². The third-order valence-electron chi connectivity index (χ3n) is 4.43. The van der Waals surface area contributed by atoms with Crippen molar-refractivity contribution in [1.29, 1.82) is 0 Å². The van der Waals surface area contributed by atoms with E-state index in [9.17, 15) is 5.11 Å². The predicted octanol–water partition coefficient (Wildman–Crippen LogP) is 4.17. The van der Waals surface area contributed by atoms with E-state index in [1.165, 1.54) is 5.69 Å². The number of aromatic hydroxyl groups is 1. The molecule has 0 aliphatic carbocycles. The second-order valence-corrected chi connectivity index (χ2v) is 7.47. The maximum atomic E-state index is 9.52. The molecular formula is C21H22N4OS. The summed E-state index contributed by atoms with van der Waals surface area (Å²) in [6, 6.07) is 15.7. The van der Waals surface area contributed by atoms with E-state index in [2.05, 4.69) is 44.8 Å². The standard InChI is InChI=1S/C21H22N4OS/c26-19-3-1-2-16(14-19)4-9-20-15-23-21(27-20)24-17-5-7-18(8-6-17)25-12-10-22-11-13-25/h1-9,14-15,22,26H,10-13H2,(H,23,24). The fourth-order valence-electron chi connectivity index (χ4n) is 3.03. The first-order chi connectivity index (χ1) is 13.3. The zero-order valence-electron chi connectivity index (χ0n) is 14.9. The number of phenols is 1. The Labute approximate surface area is 163 Å². The van der Waals surface area contributed by atoms with Crippen LogP contribution in [0.3, 0.4) is 0 Å². The van der Waals surface area contributed by atoms with Gasteiger partial charge in [0, 0.05) is 48.6 Å². The van der Waals surface area contributed by atoms with E-state index in [0.717, 1.165) is 47.4 Å². The number of thiazole rings is 1. The minimum atomic E-state index is 0.271. The van der Waals surface area contributed by atoms with Crippen molar-refractivity contribution in [2.24, 2.45) is 0 Å². The zero-order chi connectivity index (χ0) is 18.5. The maximum absolute atomic E-state index is 9.52. The molecule has 1 fully saturated rings. The molecule has 138 valence electrons. The van der Waals surface area contributed by atoms with Gasteiger partial charge in [0.1, 0.15) is 5.75 Å². The molecule has 2 heterocycles. The van der Waals surface area contributed by atoms with Crippen LogP contribution < -0.4 is 15.5 Å². The van der Waals surface area contributed by atoms with Crippen LogP contribution in [0.25, 0.3) is 12.2 Å². The number of phenolic OH excluding ortho intramolecular Hbond substituents is 1. The number of piperazine rings is 1. The summed E-state index contributed by atoms with van der Waals surface area (Å²) in [7, 11) is 0. The fraction of sp³-hybridized carbons (Fsp3) is 0.190. The first kappa shape index (κ1) is 17.6. The molecule has 3 aromatic rings. The Hall–Kier alpha value is -2.83. The summed E-state index contributed by atoms with van der Waals surface area (Å²) in [6.07, 6.45) is 5.83. The molecule has 0 saturated carbocycles. The Balaban J connectivity index is 1.38. The molecule has 1 saturated heterocycles. The third-order valence-corrected chi connectivity index (χ3v) is 5.31. The molecule has 27 heavy (non-hydrogen) atoms. The quantitative estimate of drug-likeness (QED) is 0.622. The highest BCUT2D eigenvalue weighted by atomic mass is 32.1. The first-order valence-corrected chi connectivity index (χ1v) is 9.84. The Morgan fingerprint density at radius 1 is 1.07 bits per heavy atom. The first-order valence-electron chi connectivity index (χ1n) is 9.02. The molecule has 4 rings (SSSR count). The lowest BCUT2D eigenvalue weighted by molar-refractivity contribution is 0.475. The second-order valence-electron chi connectivity index (χ2n) is 6.41. The Morgan fingerprint density at radius 3 is 2.67 bits per heavy atom. The molecule has 0 bridgehead atoms. The van der Waals surface area contributed by atoms with Crippen LogP contribution in [0.4, 0.5) is 16.5 Å². The lowest BCUT2D eigenvalue weighted by atomic mass is 10.2. The van der Waals surface area contributed by atoms with Gasteiger partial charge in [-0.25, -0.2) is 4.98 Å². The third kappa shape index (κ3) is 4.67. The highest BCUT2D eigenvalue weighted by Gasteiger charge is 2.10. The van der Waals surface area contributed by atoms with Gasteiger partial charge in [-0.1, -0.05) is 29.5 Å². The van der Waals surface area contributed by atoms with Crippen molar-refractivity contribution in [2.75, 3.05) is 36.4 Å². The fourth-order valence-corrected chi connectivity index (χ4v) is 3.77. The molecule has 0 radical (unpaired) electrons. The smallest absolute Gasteiger partial charge is 0.187 e. The van der Waals surface area contributed by atoms with Crippen LogP contribution in [-0.4, -0.2) is 36.3 Å². The van der Waals surface area contributed by atoms with Crippen molar-refractivity contribution >= 4 is 40.0 Å². The van der Waals surface area contributed by atoms with Gasteiger partial charge in [-0.3, -0.25) is 0 Å². The van der Waals surface area contributed by atoms with Gasteiger partial charge in [-0.2, -0.15) is 0 Å². The molecule has 0 amide bonds. The summed E-state index contributed by atoms with van der Waals surface area (Å²) in [5.41, 5.74) is 3.25. The summed E-state index contributed by atoms with van der Waals surface area (Å²) >= 11 is 1.59. The molecule has 2 aromatic carbocycles. The van der Waals surface area contributed by atoms with Gasteiger partial charge in [0.15, 0.2) is 5.13 Å². The number of nitrogens with zero attached hydrogens (tertiary/aromatic N) is 2. The van der Waals surface area contributed by atoms with Crippen LogP contribution in [0.1, 0.15) is 10.4 Å². The normalized spacial score (nSPS) is 14.6. The maximum Gasteiger partial charge on any atom is 0.187 e. The summed E-state index contributed by atoms with van der Waals surface area (Å²) in [6.45, 7) is 4.18. The van der Waals surface area contributed by atoms with E-state index in [1.807, 2.05) is 30.5 Å². The van der Waals surface area contributed by atoms with Crippen LogP contribution in [0.15, 0.2) is 54.7 Å². The van der Waals surface area contributed by atoms with Crippen LogP contribution in [0, 0.1) is 0 Å². The molecule has 5 nitrogen and oxygen atoms in total. The monoisotopic (exact) mass is 378 g/mol. The minimum absolute atomic E-state index is 0.271. The molecule has 0 atom stereocenters. The average molecular weight is 379 g/mol. The lowest BCUT2D eigenvalue weighted by Crippen LogP contribution is -2.43. The number of anilines is 3. The number of aromatic nitrogens is 1. The molecule has 1 aliphatic rings. The highest BCUT2D eigenvalue weighted by molar-refractivity contribution is 7.16. The van der Waals surface area contributed by atoms with Crippen LogP contribution >= 0.6 is 11.3 Å². The van der Waals surface area contributed by atoms with E-state index >= 15 is 0 Å². The van der Waals surface area contributed by atoms with Crippen molar-refractivity contribution in [2.45, 2.75) is 0 Å².